The van der Waals surface area contributed by atoms with E-state index < -0.39 is 18.7 Å². The SMILES string of the molecule is Cl.[2H]C([2H])([2H])C(CC)C(=O)OC. The van der Waals surface area contributed by atoms with Crippen molar-refractivity contribution in [1.82, 2.24) is 0 Å². The highest BCUT2D eigenvalue weighted by atomic mass is 35.5. The smallest absolute Gasteiger partial charge is 0.308 e. The van der Waals surface area contributed by atoms with Gasteiger partial charge in [-0.2, -0.15) is 0 Å². The molecule has 0 saturated carbocycles. The van der Waals surface area contributed by atoms with Crippen LogP contribution in [0, 0.1) is 5.92 Å². The third kappa shape index (κ3) is 4.28. The van der Waals surface area contributed by atoms with Crippen molar-refractivity contribution in [2.75, 3.05) is 7.11 Å². The number of hydrogen-bond donors (Lipinski definition) is 0. The van der Waals surface area contributed by atoms with E-state index in [9.17, 15) is 4.79 Å². The van der Waals surface area contributed by atoms with Crippen molar-refractivity contribution in [3.8, 4) is 0 Å². The molecule has 1 atom stereocenters. The standard InChI is InChI=1S/C6H12O2.ClH/c1-4-5(2)6(7)8-3;/h5H,4H2,1-3H3;1H/i2D3;. The Labute approximate surface area is 66.2 Å². The minimum Gasteiger partial charge on any atom is -0.469 e. The van der Waals surface area contributed by atoms with Crippen molar-refractivity contribution in [1.29, 1.82) is 0 Å². The molecule has 3 heteroatoms. The maximum atomic E-state index is 10.8. The van der Waals surface area contributed by atoms with Gasteiger partial charge < -0.3 is 4.74 Å². The molecule has 0 N–H and O–H groups in total. The van der Waals surface area contributed by atoms with Crippen LogP contribution < -0.4 is 0 Å². The number of hydrogen-bond acceptors (Lipinski definition) is 2. The molecule has 0 radical (unpaired) electrons. The van der Waals surface area contributed by atoms with Gasteiger partial charge >= 0.3 is 5.97 Å². The van der Waals surface area contributed by atoms with Gasteiger partial charge in [0, 0.05) is 4.11 Å². The molecule has 0 aromatic carbocycles. The molecule has 0 aliphatic carbocycles. The number of halogens is 1. The molecule has 0 spiro atoms. The molecule has 0 bridgehead atoms. The van der Waals surface area contributed by atoms with E-state index in [4.69, 9.17) is 4.11 Å². The minimum atomic E-state index is -2.23. The molecule has 0 heterocycles. The number of ether oxygens (including phenoxy) is 1. The van der Waals surface area contributed by atoms with Crippen molar-refractivity contribution in [3.63, 3.8) is 0 Å². The minimum absolute atomic E-state index is 0. The summed E-state index contributed by atoms with van der Waals surface area (Å²) in [5, 5.41) is 0. The lowest BCUT2D eigenvalue weighted by Gasteiger charge is -2.02. The molecule has 0 aromatic rings. The second-order valence-corrected chi connectivity index (χ2v) is 1.48. The molecule has 0 aliphatic heterocycles. The van der Waals surface area contributed by atoms with Crippen LogP contribution >= 0.6 is 12.4 Å². The first-order chi connectivity index (χ1) is 4.93. The molecule has 0 aromatic heterocycles. The molecule has 0 fully saturated rings. The summed E-state index contributed by atoms with van der Waals surface area (Å²) in [6.07, 6.45) is 0.281. The molecule has 0 amide bonds. The van der Waals surface area contributed by atoms with Gasteiger partial charge in [-0.15, -0.1) is 12.4 Å². The second-order valence-electron chi connectivity index (χ2n) is 1.48. The predicted molar refractivity (Wildman–Crippen MR) is 38.7 cm³/mol. The van der Waals surface area contributed by atoms with Gasteiger partial charge in [-0.25, -0.2) is 0 Å². The fourth-order valence-electron chi connectivity index (χ4n) is 0.309. The zero-order chi connectivity index (χ0) is 9.07. The Hall–Kier alpha value is -0.240. The first kappa shape index (κ1) is 5.54. The molecule has 9 heavy (non-hydrogen) atoms. The summed E-state index contributed by atoms with van der Waals surface area (Å²) in [6.45, 7) is -0.587. The Balaban J connectivity index is 0. The normalized spacial score (nSPS) is 17.8. The van der Waals surface area contributed by atoms with E-state index in [1.807, 2.05) is 0 Å². The van der Waals surface area contributed by atoms with Gasteiger partial charge in [0.1, 0.15) is 0 Å². The molecule has 56 valence electrons. The van der Waals surface area contributed by atoms with E-state index in [1.165, 1.54) is 7.11 Å². The highest BCUT2D eigenvalue weighted by Gasteiger charge is 2.08. The van der Waals surface area contributed by atoms with E-state index in [0.29, 0.717) is 0 Å². The molecular formula is C6H13ClO2. The summed E-state index contributed by atoms with van der Waals surface area (Å²) in [7, 11) is 1.19. The monoisotopic (exact) mass is 155 g/mol. The van der Waals surface area contributed by atoms with Gasteiger partial charge in [0.15, 0.2) is 0 Å². The lowest BCUT2D eigenvalue weighted by atomic mass is 10.1. The average Bonchev–Trinajstić information content (AvgIpc) is 1.86. The summed E-state index contributed by atoms with van der Waals surface area (Å²) < 4.78 is 25.2. The zero-order valence-electron chi connectivity index (χ0n) is 8.51. The third-order valence-corrected chi connectivity index (χ3v) is 0.894. The van der Waals surface area contributed by atoms with Crippen molar-refractivity contribution < 1.29 is 13.6 Å². The summed E-state index contributed by atoms with van der Waals surface area (Å²) in [6, 6.07) is 0. The van der Waals surface area contributed by atoms with E-state index in [1.54, 1.807) is 6.92 Å². The summed E-state index contributed by atoms with van der Waals surface area (Å²) >= 11 is 0. The molecule has 0 rings (SSSR count). The summed E-state index contributed by atoms with van der Waals surface area (Å²) in [5.74, 6) is -1.64. The van der Waals surface area contributed by atoms with Gasteiger partial charge in [0.2, 0.25) is 0 Å². The fraction of sp³-hybridized carbons (Fsp3) is 0.833. The molecule has 1 unspecified atom stereocenters. The van der Waals surface area contributed by atoms with Crippen LogP contribution in [0.1, 0.15) is 24.3 Å². The van der Waals surface area contributed by atoms with E-state index in [-0.39, 0.29) is 18.8 Å². The first-order valence-corrected chi connectivity index (χ1v) is 2.51. The van der Waals surface area contributed by atoms with Crippen LogP contribution in [0.15, 0.2) is 0 Å². The number of methoxy groups -OCH3 is 1. The van der Waals surface area contributed by atoms with Crippen molar-refractivity contribution in [2.24, 2.45) is 5.92 Å². The number of rotatable bonds is 2. The summed E-state index contributed by atoms with van der Waals surface area (Å²) in [5.41, 5.74) is 0. The maximum absolute atomic E-state index is 10.8. The van der Waals surface area contributed by atoms with Crippen molar-refractivity contribution >= 4 is 18.4 Å². The van der Waals surface area contributed by atoms with Crippen LogP contribution in [0.4, 0.5) is 0 Å². The van der Waals surface area contributed by atoms with Gasteiger partial charge in [0.05, 0.1) is 13.0 Å². The van der Waals surface area contributed by atoms with Crippen LogP contribution in [0.2, 0.25) is 0 Å². The molecule has 0 aliphatic rings. The lowest BCUT2D eigenvalue weighted by Crippen LogP contribution is -2.10. The Morgan fingerprint density at radius 2 is 2.44 bits per heavy atom. The highest BCUT2D eigenvalue weighted by Crippen LogP contribution is 2.00. The number of esters is 1. The molecule has 0 saturated heterocycles. The first-order valence-electron chi connectivity index (χ1n) is 4.01. The largest absolute Gasteiger partial charge is 0.469 e. The fourth-order valence-corrected chi connectivity index (χ4v) is 0.309. The third-order valence-electron chi connectivity index (χ3n) is 0.894. The average molecular weight is 156 g/mol. The summed E-state index contributed by atoms with van der Waals surface area (Å²) in [4.78, 5) is 10.8. The highest BCUT2D eigenvalue weighted by molar-refractivity contribution is 5.85. The van der Waals surface area contributed by atoms with Gasteiger partial charge in [0.25, 0.3) is 0 Å². The van der Waals surface area contributed by atoms with Crippen molar-refractivity contribution in [2.45, 2.75) is 20.2 Å². The Bertz CT molecular complexity index is 146. The topological polar surface area (TPSA) is 26.3 Å². The number of carbonyl (C=O) groups is 1. The number of carbonyl (C=O) groups excluding carboxylic acids is 1. The zero-order valence-corrected chi connectivity index (χ0v) is 6.33. The van der Waals surface area contributed by atoms with Crippen LogP contribution in [0.5, 0.6) is 0 Å². The second kappa shape index (κ2) is 5.89. The van der Waals surface area contributed by atoms with Gasteiger partial charge in [-0.05, 0) is 6.42 Å². The molecular weight excluding hydrogens is 140 g/mol. The Kier molecular flexibility index (Phi) is 3.62. The van der Waals surface area contributed by atoms with Crippen LogP contribution in [0.3, 0.4) is 0 Å². The van der Waals surface area contributed by atoms with Gasteiger partial charge in [-0.3, -0.25) is 4.79 Å². The van der Waals surface area contributed by atoms with E-state index >= 15 is 0 Å². The Morgan fingerprint density at radius 1 is 1.89 bits per heavy atom. The quantitative estimate of drug-likeness (QED) is 0.567. The van der Waals surface area contributed by atoms with Crippen LogP contribution in [0.25, 0.3) is 0 Å². The lowest BCUT2D eigenvalue weighted by molar-refractivity contribution is -0.144. The van der Waals surface area contributed by atoms with Gasteiger partial charge in [-0.1, -0.05) is 13.8 Å². The van der Waals surface area contributed by atoms with E-state index in [0.717, 1.165) is 0 Å². The van der Waals surface area contributed by atoms with Crippen LogP contribution in [-0.2, 0) is 9.53 Å². The van der Waals surface area contributed by atoms with Crippen LogP contribution in [-0.4, -0.2) is 13.1 Å². The van der Waals surface area contributed by atoms with Crippen molar-refractivity contribution in [3.05, 3.63) is 0 Å². The predicted octanol–water partition coefficient (Wildman–Crippen LogP) is 1.63. The Morgan fingerprint density at radius 3 is 2.56 bits per heavy atom. The maximum Gasteiger partial charge on any atom is 0.308 e. The molecule has 2 nitrogen and oxygen atoms in total. The van der Waals surface area contributed by atoms with E-state index in [2.05, 4.69) is 4.74 Å².